The Morgan fingerprint density at radius 2 is 2.20 bits per heavy atom. The van der Waals surface area contributed by atoms with Crippen molar-refractivity contribution in [3.05, 3.63) is 34.2 Å². The van der Waals surface area contributed by atoms with E-state index < -0.39 is 6.23 Å². The molecule has 2 aliphatic rings. The van der Waals surface area contributed by atoms with Crippen molar-refractivity contribution in [2.24, 2.45) is 0 Å². The van der Waals surface area contributed by atoms with E-state index in [0.29, 0.717) is 5.70 Å². The van der Waals surface area contributed by atoms with E-state index in [1.807, 2.05) is 30.1 Å². The third-order valence-corrected chi connectivity index (χ3v) is 3.98. The molecule has 1 aromatic rings. The van der Waals surface area contributed by atoms with E-state index in [2.05, 4.69) is 38.3 Å². The highest BCUT2D eigenvalue weighted by atomic mass is 79.9. The number of fused-ring (bicyclic) bond motifs is 1. The summed E-state index contributed by atoms with van der Waals surface area (Å²) < 4.78 is 2.93. The van der Waals surface area contributed by atoms with Crippen LogP contribution >= 0.6 is 15.9 Å². The van der Waals surface area contributed by atoms with Gasteiger partial charge in [0.25, 0.3) is 0 Å². The molecule has 0 saturated carbocycles. The van der Waals surface area contributed by atoms with Crippen LogP contribution in [0.25, 0.3) is 0 Å². The molecule has 20 heavy (non-hydrogen) atoms. The van der Waals surface area contributed by atoms with Gasteiger partial charge >= 0.3 is 0 Å². The number of halogens is 1. The van der Waals surface area contributed by atoms with Gasteiger partial charge in [-0.15, -0.1) is 0 Å². The number of aromatic nitrogens is 2. The van der Waals surface area contributed by atoms with Crippen LogP contribution in [0.15, 0.2) is 28.5 Å². The molecule has 0 radical (unpaired) electrons. The van der Waals surface area contributed by atoms with Crippen molar-refractivity contribution in [1.82, 2.24) is 19.6 Å². The van der Waals surface area contributed by atoms with Crippen molar-refractivity contribution in [2.75, 3.05) is 26.0 Å². The van der Waals surface area contributed by atoms with Crippen molar-refractivity contribution in [1.29, 1.82) is 0 Å². The van der Waals surface area contributed by atoms with Gasteiger partial charge in [-0.2, -0.15) is 5.10 Å². The zero-order chi connectivity index (χ0) is 14.3. The molecule has 3 rings (SSSR count). The first-order valence-corrected chi connectivity index (χ1v) is 7.33. The standard InChI is InChI=1S/C13H18BrN5O/c1-17-3-4-19-10(8-17)6-12(16-19)15-11-5-9(14)7-18(2)13(11)20/h5-7,13,20H,3-4,8H2,1-2H3,(H,15,16). The summed E-state index contributed by atoms with van der Waals surface area (Å²) in [6.45, 7) is 2.81. The Morgan fingerprint density at radius 1 is 1.40 bits per heavy atom. The first-order valence-electron chi connectivity index (χ1n) is 6.54. The fourth-order valence-electron chi connectivity index (χ4n) is 2.45. The minimum absolute atomic E-state index is 0.683. The number of hydrogen-bond donors (Lipinski definition) is 2. The Hall–Kier alpha value is -1.31. The monoisotopic (exact) mass is 339 g/mol. The summed E-state index contributed by atoms with van der Waals surface area (Å²) in [5.41, 5.74) is 1.90. The average molecular weight is 340 g/mol. The van der Waals surface area contributed by atoms with E-state index in [9.17, 15) is 5.11 Å². The van der Waals surface area contributed by atoms with Gasteiger partial charge in [-0.3, -0.25) is 9.58 Å². The second kappa shape index (κ2) is 5.23. The highest BCUT2D eigenvalue weighted by Gasteiger charge is 2.21. The highest BCUT2D eigenvalue weighted by Crippen LogP contribution is 2.23. The number of nitrogens with zero attached hydrogens (tertiary/aromatic N) is 4. The van der Waals surface area contributed by atoms with Gasteiger partial charge in [-0.1, -0.05) is 0 Å². The average Bonchev–Trinajstić information content (AvgIpc) is 2.76. The molecule has 1 atom stereocenters. The van der Waals surface area contributed by atoms with E-state index in [-0.39, 0.29) is 0 Å². The zero-order valence-corrected chi connectivity index (χ0v) is 13.1. The molecule has 0 fully saturated rings. The van der Waals surface area contributed by atoms with Gasteiger partial charge in [0.05, 0.1) is 17.9 Å². The molecule has 0 spiro atoms. The van der Waals surface area contributed by atoms with Crippen molar-refractivity contribution < 1.29 is 5.11 Å². The molecule has 108 valence electrons. The van der Waals surface area contributed by atoms with Gasteiger partial charge in [-0.05, 0) is 29.1 Å². The number of aliphatic hydroxyl groups is 1. The maximum absolute atomic E-state index is 10.1. The molecule has 0 saturated heterocycles. The third kappa shape index (κ3) is 2.61. The molecule has 6 nitrogen and oxygen atoms in total. The Bertz CT molecular complexity index is 579. The summed E-state index contributed by atoms with van der Waals surface area (Å²) in [4.78, 5) is 4.00. The number of rotatable bonds is 2. The van der Waals surface area contributed by atoms with Crippen LogP contribution < -0.4 is 5.32 Å². The molecule has 0 aromatic carbocycles. The number of allylic oxidation sites excluding steroid dienone is 2. The predicted octanol–water partition coefficient (Wildman–Crippen LogP) is 1.12. The lowest BCUT2D eigenvalue weighted by atomic mass is 10.2. The maximum atomic E-state index is 10.1. The highest BCUT2D eigenvalue weighted by molar-refractivity contribution is 9.11. The number of hydrogen-bond acceptors (Lipinski definition) is 5. The van der Waals surface area contributed by atoms with Gasteiger partial charge in [0.2, 0.25) is 0 Å². The molecule has 1 unspecified atom stereocenters. The smallest absolute Gasteiger partial charge is 0.167 e. The second-order valence-electron chi connectivity index (χ2n) is 5.26. The van der Waals surface area contributed by atoms with Gasteiger partial charge in [0, 0.05) is 36.9 Å². The van der Waals surface area contributed by atoms with Crippen LogP contribution in [-0.2, 0) is 13.1 Å². The molecular weight excluding hydrogens is 322 g/mol. The first-order chi connectivity index (χ1) is 9.52. The molecule has 2 N–H and O–H groups in total. The van der Waals surface area contributed by atoms with E-state index >= 15 is 0 Å². The lowest BCUT2D eigenvalue weighted by Gasteiger charge is -2.28. The Kier molecular flexibility index (Phi) is 3.57. The molecule has 7 heteroatoms. The summed E-state index contributed by atoms with van der Waals surface area (Å²) in [7, 11) is 3.93. The first kappa shape index (κ1) is 13.7. The SMILES string of the molecule is CN1CCn2nc(NC3=CC(Br)=CN(C)C3O)cc2C1. The molecular formula is C13H18BrN5O. The molecule has 0 bridgehead atoms. The van der Waals surface area contributed by atoms with E-state index in [1.54, 1.807) is 4.90 Å². The largest absolute Gasteiger partial charge is 0.368 e. The minimum Gasteiger partial charge on any atom is -0.368 e. The molecule has 2 aliphatic heterocycles. The summed E-state index contributed by atoms with van der Waals surface area (Å²) in [5, 5.41) is 17.9. The maximum Gasteiger partial charge on any atom is 0.167 e. The van der Waals surface area contributed by atoms with Crippen LogP contribution in [0.1, 0.15) is 5.69 Å². The molecule has 0 amide bonds. The molecule has 1 aromatic heterocycles. The van der Waals surface area contributed by atoms with E-state index in [4.69, 9.17) is 0 Å². The number of anilines is 1. The summed E-state index contributed by atoms with van der Waals surface area (Å²) in [5.74, 6) is 0.774. The van der Waals surface area contributed by atoms with E-state index in [1.165, 1.54) is 5.69 Å². The van der Waals surface area contributed by atoms with Crippen LogP contribution in [0.4, 0.5) is 5.82 Å². The topological polar surface area (TPSA) is 56.6 Å². The Balaban J connectivity index is 1.80. The lowest BCUT2D eigenvalue weighted by molar-refractivity contribution is 0.0868. The number of aliphatic hydroxyl groups excluding tert-OH is 1. The van der Waals surface area contributed by atoms with Crippen LogP contribution in [-0.4, -0.2) is 51.6 Å². The lowest BCUT2D eigenvalue weighted by Crippen LogP contribution is -2.34. The number of nitrogens with one attached hydrogen (secondary N) is 1. The summed E-state index contributed by atoms with van der Waals surface area (Å²) in [6, 6.07) is 2.04. The van der Waals surface area contributed by atoms with E-state index in [0.717, 1.165) is 29.9 Å². The third-order valence-electron chi connectivity index (χ3n) is 3.55. The van der Waals surface area contributed by atoms with Gasteiger partial charge in [-0.25, -0.2) is 0 Å². The van der Waals surface area contributed by atoms with Crippen molar-refractivity contribution in [2.45, 2.75) is 19.3 Å². The van der Waals surface area contributed by atoms with Gasteiger partial charge in [0.15, 0.2) is 12.0 Å². The fourth-order valence-corrected chi connectivity index (χ4v) is 3.02. The molecule has 3 heterocycles. The minimum atomic E-state index is -0.683. The van der Waals surface area contributed by atoms with Crippen LogP contribution in [0.3, 0.4) is 0 Å². The second-order valence-corrected chi connectivity index (χ2v) is 6.18. The zero-order valence-electron chi connectivity index (χ0n) is 11.5. The Morgan fingerprint density at radius 3 is 3.00 bits per heavy atom. The van der Waals surface area contributed by atoms with Gasteiger partial charge < -0.3 is 15.3 Å². The molecule has 0 aliphatic carbocycles. The van der Waals surface area contributed by atoms with Gasteiger partial charge in [0.1, 0.15) is 0 Å². The van der Waals surface area contributed by atoms with Crippen LogP contribution in [0.2, 0.25) is 0 Å². The fraction of sp³-hybridized carbons (Fsp3) is 0.462. The van der Waals surface area contributed by atoms with Crippen LogP contribution in [0, 0.1) is 0 Å². The Labute approximate surface area is 126 Å². The van der Waals surface area contributed by atoms with Crippen molar-refractivity contribution >= 4 is 21.7 Å². The van der Waals surface area contributed by atoms with Crippen LogP contribution in [0.5, 0.6) is 0 Å². The van der Waals surface area contributed by atoms with Crippen molar-refractivity contribution in [3.8, 4) is 0 Å². The predicted molar refractivity (Wildman–Crippen MR) is 81.0 cm³/mol. The number of likely N-dealkylation sites (N-methyl/N-ethyl adjacent to an activating group) is 2. The normalized spacial score (nSPS) is 23.2. The quantitative estimate of drug-likeness (QED) is 0.845. The summed E-state index contributed by atoms with van der Waals surface area (Å²) in [6.07, 6.45) is 3.02. The van der Waals surface area contributed by atoms with Crippen molar-refractivity contribution in [3.63, 3.8) is 0 Å². The summed E-state index contributed by atoms with van der Waals surface area (Å²) >= 11 is 3.43.